The van der Waals surface area contributed by atoms with E-state index in [0.717, 1.165) is 66.1 Å². The molecule has 6 heteroatoms. The van der Waals surface area contributed by atoms with Gasteiger partial charge in [0.25, 0.3) is 5.56 Å². The first-order chi connectivity index (χ1) is 27.6. The lowest BCUT2D eigenvalue weighted by Gasteiger charge is -2.16. The lowest BCUT2D eigenvalue weighted by molar-refractivity contribution is 0.836. The van der Waals surface area contributed by atoms with E-state index in [1.165, 1.54) is 4.57 Å². The normalized spacial score (nSPS) is 11.7. The number of fused-ring (bicyclic) bond motifs is 7. The summed E-state index contributed by atoms with van der Waals surface area (Å²) in [5, 5.41) is 4.52. The standard InChI is InChI=1S/C50H32N4O2/c55-49-43-30-34(33-14-4-1-5-15-33)24-27-48(43)53(37-25-28-46-41(31-37)39-20-10-12-22-44(39)51(46)35-16-6-2-7-17-35)50(56)54(49)38-26-29-47-42(32-38)40-21-11-13-23-45(40)52(47)36-18-8-3-9-19-36/h1-32H. The van der Waals surface area contributed by atoms with Crippen LogP contribution in [0.1, 0.15) is 0 Å². The molecule has 0 saturated carbocycles. The van der Waals surface area contributed by atoms with Gasteiger partial charge in [0.1, 0.15) is 0 Å². The predicted octanol–water partition coefficient (Wildman–Crippen LogP) is 11.0. The summed E-state index contributed by atoms with van der Waals surface area (Å²) in [4.78, 5) is 30.0. The number of hydrogen-bond donors (Lipinski definition) is 0. The van der Waals surface area contributed by atoms with Crippen molar-refractivity contribution in [3.63, 3.8) is 0 Å². The highest BCUT2D eigenvalue weighted by molar-refractivity contribution is 6.11. The summed E-state index contributed by atoms with van der Waals surface area (Å²) in [7, 11) is 0. The minimum Gasteiger partial charge on any atom is -0.309 e. The summed E-state index contributed by atoms with van der Waals surface area (Å²) in [6.07, 6.45) is 0. The Hall–Kier alpha value is -7.70. The number of benzene rings is 8. The summed E-state index contributed by atoms with van der Waals surface area (Å²) in [5.41, 5.74) is 9.03. The molecule has 3 heterocycles. The average molecular weight is 721 g/mol. The van der Waals surface area contributed by atoms with E-state index in [1.54, 1.807) is 4.57 Å². The molecule has 0 bridgehead atoms. The Morgan fingerprint density at radius 1 is 0.268 bits per heavy atom. The van der Waals surface area contributed by atoms with Crippen molar-refractivity contribution >= 4 is 54.5 Å². The highest BCUT2D eigenvalue weighted by Gasteiger charge is 2.21. The minimum atomic E-state index is -0.438. The van der Waals surface area contributed by atoms with Crippen molar-refractivity contribution in [2.24, 2.45) is 0 Å². The lowest BCUT2D eigenvalue weighted by atomic mass is 10.0. The second-order valence-corrected chi connectivity index (χ2v) is 14.1. The highest BCUT2D eigenvalue weighted by atomic mass is 16.2. The first kappa shape index (κ1) is 31.8. The van der Waals surface area contributed by atoms with Crippen LogP contribution in [-0.2, 0) is 0 Å². The van der Waals surface area contributed by atoms with Gasteiger partial charge in [-0.05, 0) is 96.1 Å². The van der Waals surface area contributed by atoms with Gasteiger partial charge < -0.3 is 9.13 Å². The van der Waals surface area contributed by atoms with E-state index in [9.17, 15) is 4.79 Å². The Balaban J connectivity index is 1.20. The third-order valence-corrected chi connectivity index (χ3v) is 11.0. The van der Waals surface area contributed by atoms with Gasteiger partial charge in [0, 0.05) is 32.9 Å². The zero-order valence-electron chi connectivity index (χ0n) is 30.1. The summed E-state index contributed by atoms with van der Waals surface area (Å²) in [5.74, 6) is 0. The second kappa shape index (κ2) is 12.4. The van der Waals surface area contributed by atoms with Crippen LogP contribution >= 0.6 is 0 Å². The van der Waals surface area contributed by atoms with Crippen molar-refractivity contribution in [1.29, 1.82) is 0 Å². The Bertz CT molecular complexity index is 3450. The van der Waals surface area contributed by atoms with E-state index >= 15 is 4.79 Å². The third-order valence-electron chi connectivity index (χ3n) is 11.0. The first-order valence-electron chi connectivity index (χ1n) is 18.7. The topological polar surface area (TPSA) is 53.9 Å². The molecule has 11 rings (SSSR count). The number of nitrogens with zero attached hydrogens (tertiary/aromatic N) is 4. The fourth-order valence-corrected chi connectivity index (χ4v) is 8.51. The second-order valence-electron chi connectivity index (χ2n) is 14.1. The molecular formula is C50H32N4O2. The maximum atomic E-state index is 15.1. The van der Waals surface area contributed by atoms with Gasteiger partial charge in [-0.3, -0.25) is 9.36 Å². The molecule has 0 spiro atoms. The Labute approximate surface area is 320 Å². The Morgan fingerprint density at radius 2 is 0.696 bits per heavy atom. The van der Waals surface area contributed by atoms with Crippen molar-refractivity contribution in [2.45, 2.75) is 0 Å². The zero-order valence-corrected chi connectivity index (χ0v) is 30.1. The van der Waals surface area contributed by atoms with Gasteiger partial charge in [-0.2, -0.15) is 0 Å². The van der Waals surface area contributed by atoms with Crippen LogP contribution in [0.2, 0.25) is 0 Å². The van der Waals surface area contributed by atoms with Gasteiger partial charge >= 0.3 is 5.69 Å². The van der Waals surface area contributed by atoms with E-state index in [1.807, 2.05) is 133 Å². The average Bonchev–Trinajstić information content (AvgIpc) is 3.77. The SMILES string of the molecule is O=c1c2cc(-c3ccccc3)ccc2n(-c2ccc3c(c2)c2ccccc2n3-c2ccccc2)c(=O)n1-c1ccc2c(c1)c1ccccc1n2-c1ccccc1. The van der Waals surface area contributed by atoms with Gasteiger partial charge in [0.15, 0.2) is 0 Å². The minimum absolute atomic E-state index is 0.369. The van der Waals surface area contributed by atoms with Crippen LogP contribution in [0.25, 0.3) is 88.4 Å². The molecule has 264 valence electrons. The fourth-order valence-electron chi connectivity index (χ4n) is 8.51. The van der Waals surface area contributed by atoms with E-state index < -0.39 is 5.69 Å². The Kier molecular flexibility index (Phi) is 7.06. The molecule has 56 heavy (non-hydrogen) atoms. The quantitative estimate of drug-likeness (QED) is 0.178. The molecule has 0 fully saturated rings. The molecule has 0 radical (unpaired) electrons. The van der Waals surface area contributed by atoms with E-state index in [0.29, 0.717) is 22.3 Å². The van der Waals surface area contributed by atoms with Crippen LogP contribution in [0.5, 0.6) is 0 Å². The van der Waals surface area contributed by atoms with E-state index in [4.69, 9.17) is 0 Å². The summed E-state index contributed by atoms with van der Waals surface area (Å²) in [6.45, 7) is 0. The van der Waals surface area contributed by atoms with Crippen LogP contribution in [0.3, 0.4) is 0 Å². The van der Waals surface area contributed by atoms with Crippen molar-refractivity contribution in [3.05, 3.63) is 215 Å². The third kappa shape index (κ3) is 4.76. The summed E-state index contributed by atoms with van der Waals surface area (Å²) >= 11 is 0. The van der Waals surface area contributed by atoms with Gasteiger partial charge in [-0.15, -0.1) is 0 Å². The smallest absolute Gasteiger partial charge is 0.309 e. The van der Waals surface area contributed by atoms with Crippen LogP contribution in [0.4, 0.5) is 0 Å². The molecule has 11 aromatic rings. The molecule has 0 N–H and O–H groups in total. The molecule has 0 unspecified atom stereocenters. The molecule has 0 aliphatic heterocycles. The zero-order chi connectivity index (χ0) is 37.3. The molecule has 0 aliphatic carbocycles. The van der Waals surface area contributed by atoms with Crippen LogP contribution in [0.15, 0.2) is 204 Å². The Morgan fingerprint density at radius 3 is 1.25 bits per heavy atom. The van der Waals surface area contributed by atoms with Gasteiger partial charge in [-0.1, -0.05) is 109 Å². The van der Waals surface area contributed by atoms with Crippen molar-refractivity contribution < 1.29 is 0 Å². The van der Waals surface area contributed by atoms with Crippen molar-refractivity contribution in [3.8, 4) is 33.9 Å². The van der Waals surface area contributed by atoms with Gasteiger partial charge in [0.05, 0.1) is 44.3 Å². The van der Waals surface area contributed by atoms with Crippen molar-refractivity contribution in [2.75, 3.05) is 0 Å². The van der Waals surface area contributed by atoms with Crippen LogP contribution in [0, 0.1) is 0 Å². The number of para-hydroxylation sites is 4. The largest absolute Gasteiger partial charge is 0.340 e. The molecular weight excluding hydrogens is 689 g/mol. The van der Waals surface area contributed by atoms with E-state index in [-0.39, 0.29) is 5.56 Å². The fraction of sp³-hybridized carbons (Fsp3) is 0. The molecule has 0 atom stereocenters. The maximum Gasteiger partial charge on any atom is 0.340 e. The molecule has 6 nitrogen and oxygen atoms in total. The van der Waals surface area contributed by atoms with Crippen LogP contribution in [-0.4, -0.2) is 18.3 Å². The highest BCUT2D eigenvalue weighted by Crippen LogP contribution is 2.35. The number of aromatic nitrogens is 4. The predicted molar refractivity (Wildman–Crippen MR) is 229 cm³/mol. The maximum absolute atomic E-state index is 15.1. The molecule has 8 aromatic carbocycles. The monoisotopic (exact) mass is 720 g/mol. The molecule has 0 amide bonds. The molecule has 3 aromatic heterocycles. The first-order valence-corrected chi connectivity index (χ1v) is 18.7. The molecule has 0 saturated heterocycles. The van der Waals surface area contributed by atoms with Gasteiger partial charge in [-0.25, -0.2) is 9.36 Å². The number of hydrogen-bond acceptors (Lipinski definition) is 2. The number of rotatable bonds is 5. The van der Waals surface area contributed by atoms with E-state index in [2.05, 4.69) is 69.8 Å². The van der Waals surface area contributed by atoms with Gasteiger partial charge in [0.2, 0.25) is 0 Å². The summed E-state index contributed by atoms with van der Waals surface area (Å²) < 4.78 is 7.51. The van der Waals surface area contributed by atoms with Crippen molar-refractivity contribution in [1.82, 2.24) is 18.3 Å². The van der Waals surface area contributed by atoms with Crippen LogP contribution < -0.4 is 11.2 Å². The lowest BCUT2D eigenvalue weighted by Crippen LogP contribution is -2.38. The molecule has 0 aliphatic rings. The summed E-state index contributed by atoms with van der Waals surface area (Å²) in [6, 6.07) is 65.0.